The minimum absolute atomic E-state index is 0. The largest absolute Gasteiger partial charge is 2.00 e. The third-order valence-corrected chi connectivity index (χ3v) is 3.17. The van der Waals surface area contributed by atoms with E-state index in [0.29, 0.717) is 23.0 Å². The molecule has 0 saturated carbocycles. The van der Waals surface area contributed by atoms with Gasteiger partial charge in [-0.15, -0.1) is 0 Å². The maximum atomic E-state index is 11.6. The first kappa shape index (κ1) is 23.0. The Balaban J connectivity index is 0.00000192. The molecule has 7 nitrogen and oxygen atoms in total. The summed E-state index contributed by atoms with van der Waals surface area (Å²) in [5.74, 6) is 0.612. The number of carbonyl (C=O) groups excluding carboxylic acids is 2. The number of hydrogen-bond acceptors (Lipinski definition) is 5. The molecule has 0 aliphatic carbocycles. The SMILES string of the molecule is CC(=O)n1ccnc1-c1cccc(-c2nccn2C(C)=O)n1.[Cl-].[Cl-].[Co+2]. The van der Waals surface area contributed by atoms with Crippen LogP contribution in [0.3, 0.4) is 0 Å². The van der Waals surface area contributed by atoms with Crippen LogP contribution in [0.15, 0.2) is 43.0 Å². The van der Waals surface area contributed by atoms with E-state index in [1.165, 1.54) is 23.0 Å². The molecule has 133 valence electrons. The van der Waals surface area contributed by atoms with Crippen molar-refractivity contribution in [2.45, 2.75) is 13.8 Å². The fourth-order valence-corrected chi connectivity index (χ4v) is 2.18. The van der Waals surface area contributed by atoms with E-state index in [0.717, 1.165) is 0 Å². The molecule has 3 rings (SSSR count). The van der Waals surface area contributed by atoms with Gasteiger partial charge in [0.25, 0.3) is 0 Å². The van der Waals surface area contributed by atoms with Crippen molar-refractivity contribution in [2.24, 2.45) is 0 Å². The van der Waals surface area contributed by atoms with Crippen LogP contribution in [0, 0.1) is 0 Å². The van der Waals surface area contributed by atoms with Crippen LogP contribution in [0.1, 0.15) is 23.4 Å². The first-order chi connectivity index (χ1) is 10.6. The Labute approximate surface area is 166 Å². The predicted octanol–water partition coefficient (Wildman–Crippen LogP) is -3.87. The van der Waals surface area contributed by atoms with Crippen molar-refractivity contribution < 1.29 is 51.2 Å². The molecule has 3 aromatic heterocycles. The van der Waals surface area contributed by atoms with E-state index in [4.69, 9.17) is 0 Å². The average Bonchev–Trinajstić information content (AvgIpc) is 3.16. The van der Waals surface area contributed by atoms with Gasteiger partial charge in [0, 0.05) is 38.6 Å². The molecule has 10 heteroatoms. The van der Waals surface area contributed by atoms with E-state index in [9.17, 15) is 9.59 Å². The Morgan fingerprint density at radius 1 is 0.840 bits per heavy atom. The van der Waals surface area contributed by atoms with Gasteiger partial charge in [-0.2, -0.15) is 0 Å². The van der Waals surface area contributed by atoms with E-state index < -0.39 is 0 Å². The van der Waals surface area contributed by atoms with Gasteiger partial charge in [0.1, 0.15) is 11.4 Å². The third-order valence-electron chi connectivity index (χ3n) is 3.17. The van der Waals surface area contributed by atoms with E-state index in [2.05, 4.69) is 15.0 Å². The summed E-state index contributed by atoms with van der Waals surface area (Å²) in [5, 5.41) is 0. The van der Waals surface area contributed by atoms with Gasteiger partial charge in [0.2, 0.25) is 11.8 Å². The molecule has 0 atom stereocenters. The van der Waals surface area contributed by atoms with Crippen molar-refractivity contribution in [3.8, 4) is 23.0 Å². The standard InChI is InChI=1S/C15H13N5O2.2ClH.Co/c1-10(21)19-8-6-16-14(19)12-4-3-5-13(18-12)15-17-7-9-20(15)11(2)22;;;/h3-9H,1-2H3;2*1H;/q;;;+2/p-2. The molecular formula is C15H13Cl2CoN5O2. The van der Waals surface area contributed by atoms with Crippen LogP contribution in [0.5, 0.6) is 0 Å². The van der Waals surface area contributed by atoms with Crippen LogP contribution >= 0.6 is 0 Å². The number of hydrogen-bond donors (Lipinski definition) is 0. The summed E-state index contributed by atoms with van der Waals surface area (Å²) in [4.78, 5) is 36.0. The number of pyridine rings is 1. The Bertz CT molecular complexity index is 811. The summed E-state index contributed by atoms with van der Waals surface area (Å²) >= 11 is 0. The van der Waals surface area contributed by atoms with Crippen LogP contribution in [-0.4, -0.2) is 35.9 Å². The number of carbonyl (C=O) groups is 2. The van der Waals surface area contributed by atoms with Crippen LogP contribution in [0.4, 0.5) is 0 Å². The summed E-state index contributed by atoms with van der Waals surface area (Å²) in [7, 11) is 0. The van der Waals surface area contributed by atoms with Gasteiger partial charge < -0.3 is 24.8 Å². The molecule has 0 unspecified atom stereocenters. The molecule has 0 aliphatic rings. The molecule has 25 heavy (non-hydrogen) atoms. The smallest absolute Gasteiger partial charge is 1.00 e. The molecule has 0 bridgehead atoms. The number of imidazole rings is 2. The molecule has 3 heterocycles. The summed E-state index contributed by atoms with van der Waals surface area (Å²) in [6, 6.07) is 5.30. The van der Waals surface area contributed by atoms with Gasteiger partial charge >= 0.3 is 16.8 Å². The molecule has 1 radical (unpaired) electrons. The minimum Gasteiger partial charge on any atom is -1.00 e. The van der Waals surface area contributed by atoms with Crippen molar-refractivity contribution in [1.82, 2.24) is 24.1 Å². The maximum absolute atomic E-state index is 11.6. The fourth-order valence-electron chi connectivity index (χ4n) is 2.18. The summed E-state index contributed by atoms with van der Waals surface area (Å²) in [6.07, 6.45) is 6.26. The molecule has 0 amide bonds. The summed E-state index contributed by atoms with van der Waals surface area (Å²) in [5.41, 5.74) is 1.08. The average molecular weight is 425 g/mol. The number of aromatic nitrogens is 5. The molecule has 0 fully saturated rings. The summed E-state index contributed by atoms with van der Waals surface area (Å²) < 4.78 is 2.84. The van der Waals surface area contributed by atoms with Crippen molar-refractivity contribution in [1.29, 1.82) is 0 Å². The van der Waals surface area contributed by atoms with Crippen molar-refractivity contribution in [2.75, 3.05) is 0 Å². The summed E-state index contributed by atoms with van der Waals surface area (Å²) in [6.45, 7) is 2.91. The van der Waals surface area contributed by atoms with E-state index in [1.54, 1.807) is 43.0 Å². The molecule has 0 saturated heterocycles. The third kappa shape index (κ3) is 4.54. The zero-order valence-electron chi connectivity index (χ0n) is 13.2. The Morgan fingerprint density at radius 2 is 1.24 bits per heavy atom. The minimum atomic E-state index is -0.148. The number of rotatable bonds is 2. The van der Waals surface area contributed by atoms with Crippen LogP contribution in [0.25, 0.3) is 23.0 Å². The van der Waals surface area contributed by atoms with Gasteiger partial charge in [-0.3, -0.25) is 18.7 Å². The Morgan fingerprint density at radius 3 is 1.60 bits per heavy atom. The first-order valence-corrected chi connectivity index (χ1v) is 6.64. The predicted molar refractivity (Wildman–Crippen MR) is 79.3 cm³/mol. The second kappa shape index (κ2) is 9.47. The van der Waals surface area contributed by atoms with Gasteiger partial charge in [-0.25, -0.2) is 15.0 Å². The number of nitrogens with zero attached hydrogens (tertiary/aromatic N) is 5. The van der Waals surface area contributed by atoms with E-state index in [1.807, 2.05) is 0 Å². The maximum Gasteiger partial charge on any atom is 2.00 e. The van der Waals surface area contributed by atoms with Crippen molar-refractivity contribution in [3.63, 3.8) is 0 Å². The molecule has 0 N–H and O–H groups in total. The van der Waals surface area contributed by atoms with Gasteiger partial charge in [0.05, 0.1) is 0 Å². The van der Waals surface area contributed by atoms with Crippen molar-refractivity contribution >= 4 is 11.8 Å². The molecule has 0 aliphatic heterocycles. The molecule has 3 aromatic rings. The number of halogens is 2. The van der Waals surface area contributed by atoms with Crippen LogP contribution < -0.4 is 24.8 Å². The Hall–Kier alpha value is -2.00. The van der Waals surface area contributed by atoms with Gasteiger partial charge in [-0.1, -0.05) is 6.07 Å². The quantitative estimate of drug-likeness (QED) is 0.420. The molecule has 0 aromatic carbocycles. The van der Waals surface area contributed by atoms with Gasteiger partial charge in [0.15, 0.2) is 11.6 Å². The van der Waals surface area contributed by atoms with E-state index in [-0.39, 0.29) is 53.4 Å². The van der Waals surface area contributed by atoms with Crippen molar-refractivity contribution in [3.05, 3.63) is 43.0 Å². The molecular weight excluding hydrogens is 412 g/mol. The van der Waals surface area contributed by atoms with Crippen LogP contribution in [0.2, 0.25) is 0 Å². The monoisotopic (exact) mass is 424 g/mol. The normalized spacial score (nSPS) is 9.36. The fraction of sp³-hybridized carbons (Fsp3) is 0.133. The zero-order chi connectivity index (χ0) is 15.7. The van der Waals surface area contributed by atoms with Crippen LogP contribution in [-0.2, 0) is 16.8 Å². The van der Waals surface area contributed by atoms with Gasteiger partial charge in [-0.05, 0) is 12.1 Å². The zero-order valence-corrected chi connectivity index (χ0v) is 15.7. The topological polar surface area (TPSA) is 82.7 Å². The first-order valence-electron chi connectivity index (χ1n) is 6.64. The molecule has 0 spiro atoms. The van der Waals surface area contributed by atoms with E-state index >= 15 is 0 Å². The second-order valence-corrected chi connectivity index (χ2v) is 4.69. The second-order valence-electron chi connectivity index (χ2n) is 4.69. The Kier molecular flexibility index (Phi) is 8.71.